The number of nitrogens with zero attached hydrogens (tertiary/aromatic N) is 3. The number of carbonyl (C=O) groups excluding carboxylic acids is 1. The molecule has 0 saturated carbocycles. The molecule has 0 fully saturated rings. The first-order valence-corrected chi connectivity index (χ1v) is 10.5. The Balaban J connectivity index is 0.000000224. The minimum absolute atomic E-state index is 0.0306. The van der Waals surface area contributed by atoms with Gasteiger partial charge in [0.1, 0.15) is 17.7 Å². The number of benzene rings is 1. The van der Waals surface area contributed by atoms with E-state index in [9.17, 15) is 9.18 Å². The molecule has 0 radical (unpaired) electrons. The van der Waals surface area contributed by atoms with Gasteiger partial charge in [-0.3, -0.25) is 14.9 Å². The molecule has 1 aromatic carbocycles. The molecule has 1 atom stereocenters. The fourth-order valence-corrected chi connectivity index (χ4v) is 3.17. The van der Waals surface area contributed by atoms with Gasteiger partial charge in [-0.05, 0) is 61.6 Å². The number of nitriles is 1. The molecule has 0 spiro atoms. The second-order valence-electron chi connectivity index (χ2n) is 7.83. The Morgan fingerprint density at radius 1 is 1.19 bits per heavy atom. The van der Waals surface area contributed by atoms with Crippen molar-refractivity contribution in [3.05, 3.63) is 71.4 Å². The molecular formula is C25H29FN4O. The van der Waals surface area contributed by atoms with Crippen molar-refractivity contribution >= 4 is 5.78 Å². The molecule has 6 heteroatoms. The van der Waals surface area contributed by atoms with Gasteiger partial charge in [0.05, 0.1) is 11.3 Å². The number of hydrogen-bond donors (Lipinski definition) is 1. The van der Waals surface area contributed by atoms with Gasteiger partial charge in [0, 0.05) is 29.6 Å². The van der Waals surface area contributed by atoms with Gasteiger partial charge in [0.2, 0.25) is 0 Å². The van der Waals surface area contributed by atoms with Crippen LogP contribution in [0.2, 0.25) is 0 Å². The van der Waals surface area contributed by atoms with Crippen molar-refractivity contribution in [2.24, 2.45) is 5.92 Å². The van der Waals surface area contributed by atoms with E-state index in [1.165, 1.54) is 12.1 Å². The van der Waals surface area contributed by atoms with Crippen LogP contribution in [0, 0.1) is 23.1 Å². The van der Waals surface area contributed by atoms with Crippen molar-refractivity contribution in [2.45, 2.75) is 52.9 Å². The Bertz CT molecular complexity index is 1020. The zero-order valence-corrected chi connectivity index (χ0v) is 18.5. The summed E-state index contributed by atoms with van der Waals surface area (Å²) in [5.74, 6) is 0.0934. The molecule has 2 aromatic heterocycles. The Hall–Kier alpha value is -3.33. The molecule has 162 valence electrons. The van der Waals surface area contributed by atoms with Gasteiger partial charge >= 0.3 is 0 Å². The lowest BCUT2D eigenvalue weighted by Gasteiger charge is -2.12. The predicted molar refractivity (Wildman–Crippen MR) is 120 cm³/mol. The SMILES string of the molecule is CC(C)c1cc(-c2ccncc2)n[nH]1.CCCC(Cc1ccc(F)c(C#N)c1)C(C)=O. The zero-order valence-electron chi connectivity index (χ0n) is 18.5. The average molecular weight is 421 g/mol. The Labute approximate surface area is 183 Å². The molecule has 1 N–H and O–H groups in total. The van der Waals surface area contributed by atoms with Crippen LogP contribution in [0.4, 0.5) is 4.39 Å². The summed E-state index contributed by atoms with van der Waals surface area (Å²) in [4.78, 5) is 15.4. The quantitative estimate of drug-likeness (QED) is 0.520. The van der Waals surface area contributed by atoms with Gasteiger partial charge in [0.25, 0.3) is 0 Å². The molecule has 0 bridgehead atoms. The normalized spacial score (nSPS) is 11.4. The number of ketones is 1. The van der Waals surface area contributed by atoms with E-state index >= 15 is 0 Å². The number of carbonyl (C=O) groups is 1. The van der Waals surface area contributed by atoms with Crippen LogP contribution in [0.25, 0.3) is 11.3 Å². The maximum atomic E-state index is 13.1. The van der Waals surface area contributed by atoms with Crippen LogP contribution in [0.1, 0.15) is 63.3 Å². The van der Waals surface area contributed by atoms with E-state index in [4.69, 9.17) is 5.26 Å². The van der Waals surface area contributed by atoms with Crippen molar-refractivity contribution in [3.63, 3.8) is 0 Å². The van der Waals surface area contributed by atoms with E-state index in [0.29, 0.717) is 12.3 Å². The molecular weight excluding hydrogens is 391 g/mol. The van der Waals surface area contributed by atoms with Gasteiger partial charge < -0.3 is 0 Å². The molecule has 0 aliphatic heterocycles. The third-order valence-corrected chi connectivity index (χ3v) is 5.04. The number of nitrogens with one attached hydrogen (secondary N) is 1. The number of hydrogen-bond acceptors (Lipinski definition) is 4. The first-order chi connectivity index (χ1) is 14.8. The van der Waals surface area contributed by atoms with Crippen LogP contribution in [-0.2, 0) is 11.2 Å². The molecule has 0 aliphatic rings. The summed E-state index contributed by atoms with van der Waals surface area (Å²) >= 11 is 0. The zero-order chi connectivity index (χ0) is 22.8. The molecule has 0 aliphatic carbocycles. The third kappa shape index (κ3) is 7.14. The Kier molecular flexibility index (Phi) is 9.08. The van der Waals surface area contributed by atoms with Crippen molar-refractivity contribution in [2.75, 3.05) is 0 Å². The number of Topliss-reactive ketones (excluding diaryl/α,β-unsaturated/α-hetero) is 1. The summed E-state index contributed by atoms with van der Waals surface area (Å²) in [7, 11) is 0. The number of rotatable bonds is 7. The van der Waals surface area contributed by atoms with Crippen molar-refractivity contribution in [1.29, 1.82) is 5.26 Å². The summed E-state index contributed by atoms with van der Waals surface area (Å²) in [6, 6.07) is 12.3. The summed E-state index contributed by atoms with van der Waals surface area (Å²) in [5.41, 5.74) is 4.13. The second kappa shape index (κ2) is 11.8. The highest BCUT2D eigenvalue weighted by Gasteiger charge is 2.14. The maximum absolute atomic E-state index is 13.1. The van der Waals surface area contributed by atoms with Crippen molar-refractivity contribution < 1.29 is 9.18 Å². The standard InChI is InChI=1S/C14H16FNO.C11H13N3/c1-3-4-12(10(2)17)7-11-5-6-14(15)13(8-11)9-16;1-8(2)10-7-11(14-13-10)9-3-5-12-6-4-9/h5-6,8,12H,3-4,7H2,1-2H3;3-8H,1-2H3,(H,13,14). The van der Waals surface area contributed by atoms with E-state index in [2.05, 4.69) is 35.1 Å². The highest BCUT2D eigenvalue weighted by atomic mass is 19.1. The van der Waals surface area contributed by atoms with Crippen LogP contribution in [0.15, 0.2) is 48.8 Å². The molecule has 31 heavy (non-hydrogen) atoms. The highest BCUT2D eigenvalue weighted by Crippen LogP contribution is 2.20. The van der Waals surface area contributed by atoms with Gasteiger partial charge in [-0.1, -0.05) is 33.3 Å². The Morgan fingerprint density at radius 2 is 1.90 bits per heavy atom. The van der Waals surface area contributed by atoms with Crippen LogP contribution >= 0.6 is 0 Å². The van der Waals surface area contributed by atoms with Gasteiger partial charge in [0.15, 0.2) is 0 Å². The molecule has 0 saturated heterocycles. The first kappa shape index (κ1) is 23.9. The van der Waals surface area contributed by atoms with Crippen molar-refractivity contribution in [3.8, 4) is 17.3 Å². The van der Waals surface area contributed by atoms with Crippen LogP contribution < -0.4 is 0 Å². The number of aromatic amines is 1. The number of pyridine rings is 1. The van der Waals surface area contributed by atoms with E-state index in [1.54, 1.807) is 25.4 Å². The summed E-state index contributed by atoms with van der Waals surface area (Å²) < 4.78 is 13.1. The summed E-state index contributed by atoms with van der Waals surface area (Å²) in [5, 5.41) is 16.0. The molecule has 3 aromatic rings. The molecule has 2 heterocycles. The average Bonchev–Trinajstić information content (AvgIpc) is 3.26. The number of aromatic nitrogens is 3. The van der Waals surface area contributed by atoms with E-state index in [0.717, 1.165) is 35.4 Å². The van der Waals surface area contributed by atoms with Crippen LogP contribution in [0.5, 0.6) is 0 Å². The minimum atomic E-state index is -0.508. The first-order valence-electron chi connectivity index (χ1n) is 10.5. The van der Waals surface area contributed by atoms with E-state index in [-0.39, 0.29) is 17.3 Å². The van der Waals surface area contributed by atoms with Crippen LogP contribution in [-0.4, -0.2) is 21.0 Å². The van der Waals surface area contributed by atoms with Gasteiger partial charge in [-0.25, -0.2) is 4.39 Å². The van der Waals surface area contributed by atoms with Crippen LogP contribution in [0.3, 0.4) is 0 Å². The largest absolute Gasteiger partial charge is 0.300 e. The van der Waals surface area contributed by atoms with Crippen molar-refractivity contribution in [1.82, 2.24) is 15.2 Å². The van der Waals surface area contributed by atoms with Gasteiger partial charge in [-0.2, -0.15) is 10.4 Å². The van der Waals surface area contributed by atoms with Gasteiger partial charge in [-0.15, -0.1) is 0 Å². The molecule has 3 rings (SSSR count). The van der Waals surface area contributed by atoms with E-state index in [1.807, 2.05) is 25.1 Å². The number of H-pyrrole nitrogens is 1. The molecule has 5 nitrogen and oxygen atoms in total. The smallest absolute Gasteiger partial charge is 0.140 e. The Morgan fingerprint density at radius 3 is 2.45 bits per heavy atom. The predicted octanol–water partition coefficient (Wildman–Crippen LogP) is 5.84. The maximum Gasteiger partial charge on any atom is 0.140 e. The fourth-order valence-electron chi connectivity index (χ4n) is 3.17. The fraction of sp³-hybridized carbons (Fsp3) is 0.360. The molecule has 0 amide bonds. The summed E-state index contributed by atoms with van der Waals surface area (Å²) in [6.45, 7) is 7.89. The lowest BCUT2D eigenvalue weighted by Crippen LogP contribution is -2.13. The molecule has 1 unspecified atom stereocenters. The van der Waals surface area contributed by atoms with E-state index < -0.39 is 5.82 Å². The summed E-state index contributed by atoms with van der Waals surface area (Å²) in [6.07, 6.45) is 5.90. The monoisotopic (exact) mass is 420 g/mol. The number of halogens is 1. The second-order valence-corrected chi connectivity index (χ2v) is 7.83. The lowest BCUT2D eigenvalue weighted by atomic mass is 9.91. The third-order valence-electron chi connectivity index (χ3n) is 5.04. The highest BCUT2D eigenvalue weighted by molar-refractivity contribution is 5.78. The topological polar surface area (TPSA) is 82.4 Å². The lowest BCUT2D eigenvalue weighted by molar-refractivity contribution is -0.120. The minimum Gasteiger partial charge on any atom is -0.300 e.